The topological polar surface area (TPSA) is 41.3 Å². The van der Waals surface area contributed by atoms with Gasteiger partial charge in [0.25, 0.3) is 0 Å². The maximum Gasteiger partial charge on any atom is 0.127 e. The number of nitrogens with two attached hydrogens (primary N) is 1. The molecule has 1 saturated heterocycles. The summed E-state index contributed by atoms with van der Waals surface area (Å²) < 4.78 is 26.6. The molecular formula is C12H17F2N3. The van der Waals surface area contributed by atoms with E-state index in [-0.39, 0.29) is 11.9 Å². The molecule has 0 aliphatic carbocycles. The minimum absolute atomic E-state index is 0.186. The van der Waals surface area contributed by atoms with Crippen molar-refractivity contribution in [3.63, 3.8) is 0 Å². The summed E-state index contributed by atoms with van der Waals surface area (Å²) in [7, 11) is 0. The van der Waals surface area contributed by atoms with E-state index < -0.39 is 5.82 Å². The normalized spacial score (nSPS) is 21.7. The van der Waals surface area contributed by atoms with Gasteiger partial charge in [0.15, 0.2) is 0 Å². The first kappa shape index (κ1) is 12.4. The lowest BCUT2D eigenvalue weighted by molar-refractivity contribution is 0.156. The van der Waals surface area contributed by atoms with E-state index in [1.807, 2.05) is 0 Å². The highest BCUT2D eigenvalue weighted by Gasteiger charge is 2.21. The van der Waals surface area contributed by atoms with Gasteiger partial charge in [-0.05, 0) is 18.2 Å². The lowest BCUT2D eigenvalue weighted by atomic mass is 10.1. The van der Waals surface area contributed by atoms with Crippen molar-refractivity contribution >= 4 is 0 Å². The highest BCUT2D eigenvalue weighted by Crippen LogP contribution is 2.14. The van der Waals surface area contributed by atoms with Crippen molar-refractivity contribution in [1.82, 2.24) is 10.2 Å². The third kappa shape index (κ3) is 3.00. The van der Waals surface area contributed by atoms with Crippen molar-refractivity contribution in [3.05, 3.63) is 35.4 Å². The maximum absolute atomic E-state index is 13.5. The van der Waals surface area contributed by atoms with Crippen LogP contribution in [0.4, 0.5) is 8.78 Å². The van der Waals surface area contributed by atoms with Crippen LogP contribution in [0.15, 0.2) is 18.2 Å². The lowest BCUT2D eigenvalue weighted by Crippen LogP contribution is -2.53. The summed E-state index contributed by atoms with van der Waals surface area (Å²) in [5, 5.41) is 3.24. The summed E-state index contributed by atoms with van der Waals surface area (Å²) in [6.07, 6.45) is 0. The van der Waals surface area contributed by atoms with Gasteiger partial charge in [0.1, 0.15) is 11.6 Å². The zero-order chi connectivity index (χ0) is 12.3. The van der Waals surface area contributed by atoms with Crippen LogP contribution in [0.2, 0.25) is 0 Å². The summed E-state index contributed by atoms with van der Waals surface area (Å²) >= 11 is 0. The van der Waals surface area contributed by atoms with Crippen LogP contribution in [0.25, 0.3) is 0 Å². The number of nitrogens with zero attached hydrogens (tertiary/aromatic N) is 1. The second kappa shape index (κ2) is 5.53. The Morgan fingerprint density at radius 1 is 1.41 bits per heavy atom. The van der Waals surface area contributed by atoms with E-state index in [0.717, 1.165) is 25.7 Å². The average molecular weight is 241 g/mol. The van der Waals surface area contributed by atoms with E-state index in [4.69, 9.17) is 5.73 Å². The molecule has 0 saturated carbocycles. The molecule has 0 bridgehead atoms. The molecule has 5 heteroatoms. The van der Waals surface area contributed by atoms with Crippen LogP contribution in [0, 0.1) is 11.6 Å². The van der Waals surface area contributed by atoms with Crippen LogP contribution in [0.3, 0.4) is 0 Å². The SMILES string of the molecule is NCC1CNCCN1Cc1cc(F)ccc1F. The molecule has 3 N–H and O–H groups in total. The molecule has 1 aliphatic rings. The summed E-state index contributed by atoms with van der Waals surface area (Å²) in [5.74, 6) is -0.762. The highest BCUT2D eigenvalue weighted by atomic mass is 19.1. The molecule has 0 aromatic heterocycles. The van der Waals surface area contributed by atoms with Crippen molar-refractivity contribution in [2.45, 2.75) is 12.6 Å². The number of hydrogen-bond donors (Lipinski definition) is 2. The van der Waals surface area contributed by atoms with Gasteiger partial charge in [-0.1, -0.05) is 0 Å². The second-order valence-corrected chi connectivity index (χ2v) is 4.30. The molecule has 1 heterocycles. The largest absolute Gasteiger partial charge is 0.329 e. The molecular weight excluding hydrogens is 224 g/mol. The predicted molar refractivity (Wildman–Crippen MR) is 62.5 cm³/mol. The van der Waals surface area contributed by atoms with Gasteiger partial charge in [-0.2, -0.15) is 0 Å². The standard InChI is InChI=1S/C12H17F2N3/c13-10-1-2-12(14)9(5-10)8-17-4-3-16-7-11(17)6-15/h1-2,5,11,16H,3-4,6-8,15H2. The molecule has 1 aromatic rings. The lowest BCUT2D eigenvalue weighted by Gasteiger charge is -2.35. The minimum Gasteiger partial charge on any atom is -0.329 e. The van der Waals surface area contributed by atoms with E-state index >= 15 is 0 Å². The molecule has 94 valence electrons. The number of piperazine rings is 1. The average Bonchev–Trinajstić information content (AvgIpc) is 2.34. The monoisotopic (exact) mass is 241 g/mol. The van der Waals surface area contributed by atoms with Crippen molar-refractivity contribution in [1.29, 1.82) is 0 Å². The fraction of sp³-hybridized carbons (Fsp3) is 0.500. The Kier molecular flexibility index (Phi) is 4.04. The van der Waals surface area contributed by atoms with Gasteiger partial charge < -0.3 is 11.1 Å². The van der Waals surface area contributed by atoms with E-state index in [1.54, 1.807) is 0 Å². The Morgan fingerprint density at radius 3 is 3.00 bits per heavy atom. The fourth-order valence-electron chi connectivity index (χ4n) is 2.13. The van der Waals surface area contributed by atoms with Crippen LogP contribution < -0.4 is 11.1 Å². The molecule has 17 heavy (non-hydrogen) atoms. The smallest absolute Gasteiger partial charge is 0.127 e. The Hall–Kier alpha value is -1.04. The van der Waals surface area contributed by atoms with Crippen LogP contribution in [0.5, 0.6) is 0 Å². The van der Waals surface area contributed by atoms with Crippen LogP contribution in [-0.2, 0) is 6.54 Å². The third-order valence-electron chi connectivity index (χ3n) is 3.13. The Balaban J connectivity index is 2.10. The molecule has 2 rings (SSSR count). The van der Waals surface area contributed by atoms with Gasteiger partial charge >= 0.3 is 0 Å². The molecule has 1 atom stereocenters. The number of halogens is 2. The van der Waals surface area contributed by atoms with Gasteiger partial charge in [0.2, 0.25) is 0 Å². The summed E-state index contributed by atoms with van der Waals surface area (Å²) in [4.78, 5) is 2.09. The number of nitrogens with one attached hydrogen (secondary N) is 1. The summed E-state index contributed by atoms with van der Waals surface area (Å²) in [6.45, 7) is 3.38. The quantitative estimate of drug-likeness (QED) is 0.818. The molecule has 1 unspecified atom stereocenters. The molecule has 1 aliphatic heterocycles. The molecule has 1 aromatic carbocycles. The first-order valence-corrected chi connectivity index (χ1v) is 5.79. The Morgan fingerprint density at radius 2 is 2.24 bits per heavy atom. The first-order valence-electron chi connectivity index (χ1n) is 5.79. The van der Waals surface area contributed by atoms with Gasteiger partial charge in [-0.25, -0.2) is 8.78 Å². The van der Waals surface area contributed by atoms with Gasteiger partial charge in [-0.15, -0.1) is 0 Å². The van der Waals surface area contributed by atoms with Crippen molar-refractivity contribution in [2.24, 2.45) is 5.73 Å². The Labute approximate surface area is 99.6 Å². The molecule has 3 nitrogen and oxygen atoms in total. The van der Waals surface area contributed by atoms with E-state index in [2.05, 4.69) is 10.2 Å². The van der Waals surface area contributed by atoms with Crippen LogP contribution in [-0.4, -0.2) is 37.1 Å². The van der Waals surface area contributed by atoms with Gasteiger partial charge in [0.05, 0.1) is 0 Å². The van der Waals surface area contributed by atoms with E-state index in [0.29, 0.717) is 18.7 Å². The van der Waals surface area contributed by atoms with Crippen LogP contribution >= 0.6 is 0 Å². The number of hydrogen-bond acceptors (Lipinski definition) is 3. The minimum atomic E-state index is -0.402. The first-order chi connectivity index (χ1) is 8.20. The zero-order valence-electron chi connectivity index (χ0n) is 9.63. The Bertz CT molecular complexity index is 384. The summed E-state index contributed by atoms with van der Waals surface area (Å²) in [6, 6.07) is 3.75. The third-order valence-corrected chi connectivity index (χ3v) is 3.13. The molecule has 1 fully saturated rings. The van der Waals surface area contributed by atoms with Crippen molar-refractivity contribution in [3.8, 4) is 0 Å². The van der Waals surface area contributed by atoms with Gasteiger partial charge in [0, 0.05) is 44.3 Å². The molecule has 0 radical (unpaired) electrons. The number of benzene rings is 1. The maximum atomic E-state index is 13.5. The molecule has 0 spiro atoms. The van der Waals surface area contributed by atoms with E-state index in [9.17, 15) is 8.78 Å². The molecule has 0 amide bonds. The second-order valence-electron chi connectivity index (χ2n) is 4.30. The predicted octanol–water partition coefficient (Wildman–Crippen LogP) is 0.697. The van der Waals surface area contributed by atoms with Crippen molar-refractivity contribution < 1.29 is 8.78 Å². The summed E-state index contributed by atoms with van der Waals surface area (Å²) in [5.41, 5.74) is 6.06. The van der Waals surface area contributed by atoms with Crippen molar-refractivity contribution in [2.75, 3.05) is 26.2 Å². The van der Waals surface area contributed by atoms with Crippen LogP contribution in [0.1, 0.15) is 5.56 Å². The van der Waals surface area contributed by atoms with Gasteiger partial charge in [-0.3, -0.25) is 4.90 Å². The highest BCUT2D eigenvalue weighted by molar-refractivity contribution is 5.18. The zero-order valence-corrected chi connectivity index (χ0v) is 9.63. The number of rotatable bonds is 3. The van der Waals surface area contributed by atoms with E-state index in [1.165, 1.54) is 12.1 Å². The fourth-order valence-corrected chi connectivity index (χ4v) is 2.13.